The first-order valence-electron chi connectivity index (χ1n) is 9.58. The number of fused-ring (bicyclic) bond motifs is 1. The summed E-state index contributed by atoms with van der Waals surface area (Å²) in [6.07, 6.45) is 1.69. The normalized spacial score (nSPS) is 10.8. The minimum Gasteiger partial charge on any atom is -0.494 e. The molecule has 0 saturated heterocycles. The van der Waals surface area contributed by atoms with Gasteiger partial charge in [0.1, 0.15) is 17.0 Å². The number of nitrogens with zero attached hydrogens (tertiary/aromatic N) is 3. The number of anilines is 1. The summed E-state index contributed by atoms with van der Waals surface area (Å²) in [4.78, 5) is 23.8. The van der Waals surface area contributed by atoms with Crippen LogP contribution in [0.5, 0.6) is 11.5 Å². The van der Waals surface area contributed by atoms with Crippen LogP contribution in [0.25, 0.3) is 10.2 Å². The van der Waals surface area contributed by atoms with Gasteiger partial charge >= 0.3 is 0 Å². The molecule has 0 spiro atoms. The Balaban J connectivity index is 1.65. The second kappa shape index (κ2) is 9.32. The van der Waals surface area contributed by atoms with E-state index >= 15 is 0 Å². The van der Waals surface area contributed by atoms with Crippen LogP contribution >= 0.6 is 22.9 Å². The second-order valence-corrected chi connectivity index (χ2v) is 8.21. The summed E-state index contributed by atoms with van der Waals surface area (Å²) in [6, 6.07) is 16.7. The molecule has 2 aromatic heterocycles. The van der Waals surface area contributed by atoms with Gasteiger partial charge < -0.3 is 9.47 Å². The standard InChI is InChI=1S/C23H20ClN3O3S/c1-15-6-8-17(9-7-15)30-14-20(28)27(13-16-5-3-4-12-25-16)23-26-21-19(29-2)11-10-18(24)22(21)31-23/h3-12H,13-14H2,1-2H3. The maximum Gasteiger partial charge on any atom is 0.267 e. The van der Waals surface area contributed by atoms with Crippen molar-refractivity contribution in [1.82, 2.24) is 9.97 Å². The van der Waals surface area contributed by atoms with E-state index in [-0.39, 0.29) is 19.1 Å². The average Bonchev–Trinajstić information content (AvgIpc) is 3.24. The highest BCUT2D eigenvalue weighted by atomic mass is 35.5. The smallest absolute Gasteiger partial charge is 0.267 e. The Morgan fingerprint density at radius 1 is 1.13 bits per heavy atom. The molecule has 0 unspecified atom stereocenters. The third kappa shape index (κ3) is 4.78. The number of benzene rings is 2. The largest absolute Gasteiger partial charge is 0.494 e. The number of hydrogen-bond acceptors (Lipinski definition) is 6. The molecule has 0 saturated carbocycles. The molecule has 4 aromatic rings. The first kappa shape index (κ1) is 21.1. The molecule has 8 heteroatoms. The number of aryl methyl sites for hydroxylation is 1. The molecule has 0 radical (unpaired) electrons. The van der Waals surface area contributed by atoms with E-state index in [0.717, 1.165) is 16.0 Å². The van der Waals surface area contributed by atoms with Crippen LogP contribution in [0.4, 0.5) is 5.13 Å². The van der Waals surface area contributed by atoms with Crippen molar-refractivity contribution in [3.63, 3.8) is 0 Å². The number of carbonyl (C=O) groups excluding carboxylic acids is 1. The number of amides is 1. The lowest BCUT2D eigenvalue weighted by atomic mass is 10.2. The van der Waals surface area contributed by atoms with Gasteiger partial charge in [-0.2, -0.15) is 0 Å². The zero-order valence-electron chi connectivity index (χ0n) is 17.0. The maximum atomic E-state index is 13.2. The van der Waals surface area contributed by atoms with E-state index in [0.29, 0.717) is 27.2 Å². The number of methoxy groups -OCH3 is 1. The minimum atomic E-state index is -0.236. The van der Waals surface area contributed by atoms with Crippen LogP contribution in [0.2, 0.25) is 5.02 Å². The topological polar surface area (TPSA) is 64.5 Å². The van der Waals surface area contributed by atoms with Crippen molar-refractivity contribution >= 4 is 44.2 Å². The second-order valence-electron chi connectivity index (χ2n) is 6.83. The van der Waals surface area contributed by atoms with E-state index in [4.69, 9.17) is 21.1 Å². The molecule has 0 bridgehead atoms. The Bertz CT molecular complexity index is 1200. The monoisotopic (exact) mass is 453 g/mol. The molecule has 158 valence electrons. The summed E-state index contributed by atoms with van der Waals surface area (Å²) in [6.45, 7) is 2.13. The third-order valence-electron chi connectivity index (χ3n) is 4.63. The molecule has 31 heavy (non-hydrogen) atoms. The van der Waals surface area contributed by atoms with Gasteiger partial charge in [-0.25, -0.2) is 4.98 Å². The SMILES string of the molecule is COc1ccc(Cl)c2sc(N(Cc3ccccn3)C(=O)COc3ccc(C)cc3)nc12. The first-order valence-corrected chi connectivity index (χ1v) is 10.8. The third-order valence-corrected chi connectivity index (χ3v) is 6.17. The van der Waals surface area contributed by atoms with Gasteiger partial charge in [0, 0.05) is 6.20 Å². The molecule has 6 nitrogen and oxygen atoms in total. The highest BCUT2D eigenvalue weighted by Crippen LogP contribution is 2.39. The Morgan fingerprint density at radius 2 is 1.94 bits per heavy atom. The van der Waals surface area contributed by atoms with E-state index in [2.05, 4.69) is 9.97 Å². The Kier molecular flexibility index (Phi) is 6.34. The van der Waals surface area contributed by atoms with Crippen molar-refractivity contribution in [3.05, 3.63) is 77.1 Å². The molecule has 4 rings (SSSR count). The van der Waals surface area contributed by atoms with E-state index in [1.54, 1.807) is 30.3 Å². The number of hydrogen-bond donors (Lipinski definition) is 0. The highest BCUT2D eigenvalue weighted by molar-refractivity contribution is 7.23. The number of thiazole rings is 1. The van der Waals surface area contributed by atoms with Crippen molar-refractivity contribution < 1.29 is 14.3 Å². The molecular weight excluding hydrogens is 434 g/mol. The van der Waals surface area contributed by atoms with Gasteiger partial charge in [-0.3, -0.25) is 14.7 Å². The number of ether oxygens (including phenoxy) is 2. The predicted octanol–water partition coefficient (Wildman–Crippen LogP) is 5.27. The summed E-state index contributed by atoms with van der Waals surface area (Å²) >= 11 is 7.70. The fourth-order valence-electron chi connectivity index (χ4n) is 2.99. The summed E-state index contributed by atoms with van der Waals surface area (Å²) in [5.74, 6) is 0.995. The van der Waals surface area contributed by atoms with E-state index in [9.17, 15) is 4.79 Å². The average molecular weight is 454 g/mol. The van der Waals surface area contributed by atoms with Crippen molar-refractivity contribution in [2.24, 2.45) is 0 Å². The quantitative estimate of drug-likeness (QED) is 0.381. The van der Waals surface area contributed by atoms with Crippen LogP contribution < -0.4 is 14.4 Å². The number of carbonyl (C=O) groups is 1. The lowest BCUT2D eigenvalue weighted by molar-refractivity contribution is -0.120. The van der Waals surface area contributed by atoms with Gasteiger partial charge in [-0.05, 0) is 43.3 Å². The number of aromatic nitrogens is 2. The van der Waals surface area contributed by atoms with Gasteiger partial charge in [0.2, 0.25) is 0 Å². The molecule has 0 aliphatic rings. The zero-order valence-corrected chi connectivity index (χ0v) is 18.6. The van der Waals surface area contributed by atoms with Crippen LogP contribution in [0.1, 0.15) is 11.3 Å². The van der Waals surface area contributed by atoms with Gasteiger partial charge in [0.05, 0.1) is 29.1 Å². The molecule has 2 heterocycles. The van der Waals surface area contributed by atoms with Crippen molar-refractivity contribution in [2.75, 3.05) is 18.6 Å². The molecule has 2 aromatic carbocycles. The van der Waals surface area contributed by atoms with Gasteiger partial charge in [-0.1, -0.05) is 46.7 Å². The summed E-state index contributed by atoms with van der Waals surface area (Å²) in [7, 11) is 1.58. The van der Waals surface area contributed by atoms with Crippen molar-refractivity contribution in [3.8, 4) is 11.5 Å². The van der Waals surface area contributed by atoms with Crippen LogP contribution in [0.15, 0.2) is 60.8 Å². The van der Waals surface area contributed by atoms with Gasteiger partial charge in [-0.15, -0.1) is 0 Å². The zero-order chi connectivity index (χ0) is 21.8. The van der Waals surface area contributed by atoms with Crippen LogP contribution in [0, 0.1) is 6.92 Å². The van der Waals surface area contributed by atoms with Gasteiger partial charge in [0.15, 0.2) is 11.7 Å². The number of pyridine rings is 1. The fraction of sp³-hybridized carbons (Fsp3) is 0.174. The van der Waals surface area contributed by atoms with E-state index in [1.165, 1.54) is 11.3 Å². The van der Waals surface area contributed by atoms with Crippen molar-refractivity contribution in [1.29, 1.82) is 0 Å². The van der Waals surface area contributed by atoms with Crippen molar-refractivity contribution in [2.45, 2.75) is 13.5 Å². The van der Waals surface area contributed by atoms with Crippen LogP contribution in [0.3, 0.4) is 0 Å². The summed E-state index contributed by atoms with van der Waals surface area (Å²) in [5, 5.41) is 1.06. The molecule has 0 aliphatic carbocycles. The summed E-state index contributed by atoms with van der Waals surface area (Å²) in [5.41, 5.74) is 2.48. The Hall–Kier alpha value is -3.16. The van der Waals surface area contributed by atoms with Crippen LogP contribution in [-0.2, 0) is 11.3 Å². The van der Waals surface area contributed by atoms with Crippen LogP contribution in [-0.4, -0.2) is 29.6 Å². The Morgan fingerprint density at radius 3 is 2.65 bits per heavy atom. The lowest BCUT2D eigenvalue weighted by Crippen LogP contribution is -2.34. The minimum absolute atomic E-state index is 0.128. The van der Waals surface area contributed by atoms with E-state index < -0.39 is 0 Å². The molecule has 0 atom stereocenters. The van der Waals surface area contributed by atoms with E-state index in [1.807, 2.05) is 49.4 Å². The maximum absolute atomic E-state index is 13.2. The molecule has 0 aliphatic heterocycles. The van der Waals surface area contributed by atoms with Gasteiger partial charge in [0.25, 0.3) is 5.91 Å². The molecule has 0 N–H and O–H groups in total. The molecular formula is C23H20ClN3O3S. The number of rotatable bonds is 7. The highest BCUT2D eigenvalue weighted by Gasteiger charge is 2.23. The fourth-order valence-corrected chi connectivity index (χ4v) is 4.27. The number of halogens is 1. The Labute approximate surface area is 189 Å². The molecule has 0 fully saturated rings. The lowest BCUT2D eigenvalue weighted by Gasteiger charge is -2.19. The first-order chi connectivity index (χ1) is 15.0. The summed E-state index contributed by atoms with van der Waals surface area (Å²) < 4.78 is 11.9. The predicted molar refractivity (Wildman–Crippen MR) is 123 cm³/mol. The molecule has 1 amide bonds.